The standard InChI is InChI=1S/C22H24N4O3/c1-29-20-9-5-4-8-19(20)24-12-14-25(15-13-24)21(27)10-11-26-22(28)18-7-3-2-6-17(18)16-23-26/h2-9,16H,10-15H2,1H3. The molecule has 0 atom stereocenters. The Morgan fingerprint density at radius 1 is 1.03 bits per heavy atom. The highest BCUT2D eigenvalue weighted by Gasteiger charge is 2.22. The van der Waals surface area contributed by atoms with Crippen LogP contribution in [0.3, 0.4) is 0 Å². The fourth-order valence-corrected chi connectivity index (χ4v) is 3.73. The van der Waals surface area contributed by atoms with Crippen LogP contribution in [0, 0.1) is 0 Å². The van der Waals surface area contributed by atoms with E-state index in [1.807, 2.05) is 47.4 Å². The van der Waals surface area contributed by atoms with Crippen LogP contribution in [0.15, 0.2) is 59.5 Å². The van der Waals surface area contributed by atoms with E-state index in [0.717, 1.165) is 29.9 Å². The number of aryl methyl sites for hydroxylation is 1. The fourth-order valence-electron chi connectivity index (χ4n) is 3.73. The molecule has 7 heteroatoms. The van der Waals surface area contributed by atoms with Gasteiger partial charge in [-0.25, -0.2) is 4.68 Å². The number of carbonyl (C=O) groups is 1. The predicted molar refractivity (Wildman–Crippen MR) is 112 cm³/mol. The van der Waals surface area contributed by atoms with Crippen molar-refractivity contribution in [2.24, 2.45) is 0 Å². The monoisotopic (exact) mass is 392 g/mol. The third-order valence-corrected chi connectivity index (χ3v) is 5.36. The molecule has 4 rings (SSSR count). The molecule has 2 heterocycles. The van der Waals surface area contributed by atoms with Crippen LogP contribution in [0.5, 0.6) is 5.75 Å². The number of aromatic nitrogens is 2. The van der Waals surface area contributed by atoms with Gasteiger partial charge in [-0.2, -0.15) is 5.10 Å². The number of rotatable bonds is 5. The Labute approximate surface area is 169 Å². The maximum absolute atomic E-state index is 12.7. The molecule has 1 fully saturated rings. The summed E-state index contributed by atoms with van der Waals surface area (Å²) in [5.74, 6) is 0.889. The Morgan fingerprint density at radius 2 is 1.76 bits per heavy atom. The van der Waals surface area contributed by atoms with E-state index in [1.54, 1.807) is 19.4 Å². The van der Waals surface area contributed by atoms with E-state index in [9.17, 15) is 9.59 Å². The Kier molecular flexibility index (Phi) is 5.46. The molecule has 0 unspecified atom stereocenters. The fraction of sp³-hybridized carbons (Fsp3) is 0.318. The highest BCUT2D eigenvalue weighted by atomic mass is 16.5. The van der Waals surface area contributed by atoms with Gasteiger partial charge >= 0.3 is 0 Å². The number of ether oxygens (including phenoxy) is 1. The molecule has 3 aromatic rings. The zero-order valence-corrected chi connectivity index (χ0v) is 16.5. The van der Waals surface area contributed by atoms with E-state index in [4.69, 9.17) is 4.74 Å². The molecule has 0 saturated carbocycles. The van der Waals surface area contributed by atoms with Crippen LogP contribution in [0.2, 0.25) is 0 Å². The molecule has 150 valence electrons. The SMILES string of the molecule is COc1ccccc1N1CCN(C(=O)CCn2ncc3ccccc3c2=O)CC1. The van der Waals surface area contributed by atoms with E-state index in [2.05, 4.69) is 10.00 Å². The highest BCUT2D eigenvalue weighted by Crippen LogP contribution is 2.28. The lowest BCUT2D eigenvalue weighted by atomic mass is 10.2. The Morgan fingerprint density at radius 3 is 2.55 bits per heavy atom. The molecular formula is C22H24N4O3. The summed E-state index contributed by atoms with van der Waals surface area (Å²) < 4.78 is 6.82. The van der Waals surface area contributed by atoms with Crippen molar-refractivity contribution in [3.8, 4) is 5.75 Å². The van der Waals surface area contributed by atoms with E-state index >= 15 is 0 Å². The first-order valence-corrected chi connectivity index (χ1v) is 9.78. The first-order chi connectivity index (χ1) is 14.2. The number of methoxy groups -OCH3 is 1. The number of para-hydroxylation sites is 2. The number of nitrogens with zero attached hydrogens (tertiary/aromatic N) is 4. The minimum absolute atomic E-state index is 0.0477. The van der Waals surface area contributed by atoms with Gasteiger partial charge in [0.2, 0.25) is 5.91 Å². The van der Waals surface area contributed by atoms with Crippen molar-refractivity contribution in [1.29, 1.82) is 0 Å². The van der Waals surface area contributed by atoms with Crippen molar-refractivity contribution in [3.05, 3.63) is 65.1 Å². The van der Waals surface area contributed by atoms with Gasteiger partial charge < -0.3 is 14.5 Å². The maximum atomic E-state index is 12.7. The zero-order valence-electron chi connectivity index (χ0n) is 16.5. The highest BCUT2D eigenvalue weighted by molar-refractivity contribution is 5.80. The van der Waals surface area contributed by atoms with E-state index < -0.39 is 0 Å². The van der Waals surface area contributed by atoms with Gasteiger partial charge in [0.1, 0.15) is 5.75 Å². The van der Waals surface area contributed by atoms with Crippen molar-refractivity contribution in [1.82, 2.24) is 14.7 Å². The summed E-state index contributed by atoms with van der Waals surface area (Å²) in [5, 5.41) is 5.64. The second-order valence-corrected chi connectivity index (χ2v) is 7.05. The van der Waals surface area contributed by atoms with E-state index in [0.29, 0.717) is 18.5 Å². The summed E-state index contributed by atoms with van der Waals surface area (Å²) in [6.45, 7) is 3.09. The molecule has 1 aliphatic heterocycles. The average molecular weight is 392 g/mol. The third-order valence-electron chi connectivity index (χ3n) is 5.36. The lowest BCUT2D eigenvalue weighted by Gasteiger charge is -2.36. The summed E-state index contributed by atoms with van der Waals surface area (Å²) in [7, 11) is 1.67. The van der Waals surface area contributed by atoms with E-state index in [1.165, 1.54) is 4.68 Å². The first kappa shape index (κ1) is 19.0. The van der Waals surface area contributed by atoms with Crippen LogP contribution >= 0.6 is 0 Å². The van der Waals surface area contributed by atoms with Crippen LogP contribution in [-0.2, 0) is 11.3 Å². The predicted octanol–water partition coefficient (Wildman–Crippen LogP) is 2.14. The molecule has 0 aliphatic carbocycles. The number of hydrogen-bond acceptors (Lipinski definition) is 5. The van der Waals surface area contributed by atoms with Crippen LogP contribution < -0.4 is 15.2 Å². The number of benzene rings is 2. The average Bonchev–Trinajstić information content (AvgIpc) is 2.78. The Hall–Kier alpha value is -3.35. The van der Waals surface area contributed by atoms with Gasteiger partial charge in [0.05, 0.1) is 30.9 Å². The van der Waals surface area contributed by atoms with Crippen molar-refractivity contribution < 1.29 is 9.53 Å². The van der Waals surface area contributed by atoms with Gasteiger partial charge in [0.25, 0.3) is 5.56 Å². The molecule has 29 heavy (non-hydrogen) atoms. The molecule has 1 aliphatic rings. The molecule has 7 nitrogen and oxygen atoms in total. The van der Waals surface area contributed by atoms with Gasteiger partial charge in [-0.05, 0) is 18.2 Å². The lowest BCUT2D eigenvalue weighted by Crippen LogP contribution is -2.49. The number of hydrogen-bond donors (Lipinski definition) is 0. The van der Waals surface area contributed by atoms with Gasteiger partial charge in [-0.1, -0.05) is 30.3 Å². The van der Waals surface area contributed by atoms with Crippen LogP contribution in [-0.4, -0.2) is 53.9 Å². The molecule has 0 bridgehead atoms. The smallest absolute Gasteiger partial charge is 0.274 e. The molecule has 0 radical (unpaired) electrons. The number of fused-ring (bicyclic) bond motifs is 1. The molecule has 1 amide bonds. The Bertz CT molecular complexity index is 1070. The molecule has 0 N–H and O–H groups in total. The molecule has 1 aromatic heterocycles. The second-order valence-electron chi connectivity index (χ2n) is 7.05. The number of piperazine rings is 1. The molecule has 1 saturated heterocycles. The Balaban J connectivity index is 1.36. The maximum Gasteiger partial charge on any atom is 0.274 e. The van der Waals surface area contributed by atoms with Crippen molar-refractivity contribution in [2.75, 3.05) is 38.2 Å². The first-order valence-electron chi connectivity index (χ1n) is 9.78. The third kappa shape index (κ3) is 3.94. The van der Waals surface area contributed by atoms with Crippen LogP contribution in [0.4, 0.5) is 5.69 Å². The minimum atomic E-state index is -0.156. The molecular weight excluding hydrogens is 368 g/mol. The van der Waals surface area contributed by atoms with Crippen LogP contribution in [0.25, 0.3) is 10.8 Å². The van der Waals surface area contributed by atoms with Crippen molar-refractivity contribution in [3.63, 3.8) is 0 Å². The minimum Gasteiger partial charge on any atom is -0.495 e. The van der Waals surface area contributed by atoms with Gasteiger partial charge in [0, 0.05) is 38.0 Å². The van der Waals surface area contributed by atoms with E-state index in [-0.39, 0.29) is 24.4 Å². The van der Waals surface area contributed by atoms with Gasteiger partial charge in [0.15, 0.2) is 0 Å². The quantitative estimate of drug-likeness (QED) is 0.666. The summed E-state index contributed by atoms with van der Waals surface area (Å²) >= 11 is 0. The second kappa shape index (κ2) is 8.34. The zero-order chi connectivity index (χ0) is 20.2. The van der Waals surface area contributed by atoms with Crippen molar-refractivity contribution >= 4 is 22.4 Å². The number of anilines is 1. The summed E-state index contributed by atoms with van der Waals surface area (Å²) in [6, 6.07) is 15.3. The van der Waals surface area contributed by atoms with Crippen LogP contribution in [0.1, 0.15) is 6.42 Å². The largest absolute Gasteiger partial charge is 0.495 e. The summed E-state index contributed by atoms with van der Waals surface area (Å²) in [5.41, 5.74) is 0.894. The number of amides is 1. The summed E-state index contributed by atoms with van der Waals surface area (Å²) in [4.78, 5) is 29.3. The lowest BCUT2D eigenvalue weighted by molar-refractivity contribution is -0.131. The molecule has 2 aromatic carbocycles. The van der Waals surface area contributed by atoms with Crippen molar-refractivity contribution in [2.45, 2.75) is 13.0 Å². The normalized spacial score (nSPS) is 14.2. The molecule has 0 spiro atoms. The number of carbonyl (C=O) groups excluding carboxylic acids is 1. The summed E-state index contributed by atoms with van der Waals surface area (Å²) in [6.07, 6.45) is 1.94. The topological polar surface area (TPSA) is 67.7 Å². The van der Waals surface area contributed by atoms with Gasteiger partial charge in [-0.3, -0.25) is 9.59 Å². The van der Waals surface area contributed by atoms with Gasteiger partial charge in [-0.15, -0.1) is 0 Å².